The number of carbonyl (C=O) groups excluding carboxylic acids is 1. The van der Waals surface area contributed by atoms with Gasteiger partial charge in [-0.05, 0) is 17.7 Å². The molecule has 6 nitrogen and oxygen atoms in total. The molecule has 0 aliphatic rings. The molecule has 25 heavy (non-hydrogen) atoms. The number of rotatable bonds is 6. The summed E-state index contributed by atoms with van der Waals surface area (Å²) >= 11 is 7.33. The third-order valence-electron chi connectivity index (χ3n) is 3.28. The maximum Gasteiger partial charge on any atom is 0.212 e. The molecule has 0 saturated heterocycles. The molecule has 0 bridgehead atoms. The summed E-state index contributed by atoms with van der Waals surface area (Å²) in [5, 5.41) is 24.5. The number of carboxylic acids is 1. The summed E-state index contributed by atoms with van der Waals surface area (Å²) < 4.78 is 1.49. The topological polar surface area (TPSA) is 83.2 Å². The Balaban J connectivity index is 1.73. The molecule has 0 aliphatic carbocycles. The van der Waals surface area contributed by atoms with Crippen LogP contribution in [0.4, 0.5) is 0 Å². The number of carbonyl (C=O) groups is 1. The number of benzene rings is 2. The van der Waals surface area contributed by atoms with E-state index in [9.17, 15) is 9.90 Å². The summed E-state index contributed by atoms with van der Waals surface area (Å²) in [6.07, 6.45) is 2.91. The van der Waals surface area contributed by atoms with Crippen LogP contribution in [-0.4, -0.2) is 27.1 Å². The van der Waals surface area contributed by atoms with Crippen molar-refractivity contribution >= 4 is 35.5 Å². The fourth-order valence-corrected chi connectivity index (χ4v) is 2.99. The van der Waals surface area contributed by atoms with E-state index in [0.717, 1.165) is 5.56 Å². The van der Waals surface area contributed by atoms with Crippen molar-refractivity contribution in [3.05, 3.63) is 76.6 Å². The van der Waals surface area contributed by atoms with Crippen LogP contribution in [0, 0.1) is 0 Å². The summed E-state index contributed by atoms with van der Waals surface area (Å²) in [6.45, 7) is 0. The van der Waals surface area contributed by atoms with E-state index in [0.29, 0.717) is 21.5 Å². The maximum atomic E-state index is 11.1. The predicted octanol–water partition coefficient (Wildman–Crippen LogP) is 2.47. The minimum absolute atomic E-state index is 0.0784. The first kappa shape index (κ1) is 17.2. The summed E-state index contributed by atoms with van der Waals surface area (Å²) in [5.41, 5.74) is 1.62. The number of thioether (sulfide) groups is 1. The minimum atomic E-state index is -1.25. The lowest BCUT2D eigenvalue weighted by Gasteiger charge is -2.06. The van der Waals surface area contributed by atoms with Crippen molar-refractivity contribution in [3.8, 4) is 0 Å². The molecular weight excluding hydrogens is 360 g/mol. The fraction of sp³-hybridized carbons (Fsp3) is 0.0588. The quantitative estimate of drug-likeness (QED) is 0.491. The highest BCUT2D eigenvalue weighted by Crippen LogP contribution is 2.21. The Kier molecular flexibility index (Phi) is 5.47. The molecule has 0 spiro atoms. The number of halogens is 1. The summed E-state index contributed by atoms with van der Waals surface area (Å²) in [4.78, 5) is 11.1. The Morgan fingerprint density at radius 3 is 2.76 bits per heavy atom. The van der Waals surface area contributed by atoms with Crippen LogP contribution in [0.2, 0.25) is 5.02 Å². The lowest BCUT2D eigenvalue weighted by Crippen LogP contribution is -2.23. The number of aromatic nitrogens is 3. The second-order valence-corrected chi connectivity index (χ2v) is 6.37. The van der Waals surface area contributed by atoms with E-state index in [-0.39, 0.29) is 5.56 Å². The van der Waals surface area contributed by atoms with Gasteiger partial charge < -0.3 is 9.90 Å². The molecule has 0 atom stereocenters. The first-order valence-corrected chi connectivity index (χ1v) is 8.62. The third kappa shape index (κ3) is 4.46. The van der Waals surface area contributed by atoms with E-state index < -0.39 is 5.97 Å². The number of aromatic carboxylic acids is 1. The van der Waals surface area contributed by atoms with Crippen LogP contribution in [0.5, 0.6) is 0 Å². The number of hydrogen-bond donors (Lipinski definition) is 0. The van der Waals surface area contributed by atoms with E-state index in [4.69, 9.17) is 11.6 Å². The van der Waals surface area contributed by atoms with E-state index in [1.807, 2.05) is 24.3 Å². The standard InChI is InChI=1S/C17H13ClN4O2S/c18-14-7-5-12(6-8-14)10-25-17-21-19-11-22(17)20-9-13-3-1-2-4-15(13)16(23)24/h1-9,11H,10H2,(H,23,24)/p-1/b20-9-. The first-order chi connectivity index (χ1) is 12.1. The Labute approximate surface area is 153 Å². The van der Waals surface area contributed by atoms with Gasteiger partial charge in [0, 0.05) is 21.9 Å². The van der Waals surface area contributed by atoms with Crippen molar-refractivity contribution in [1.29, 1.82) is 0 Å². The molecule has 3 aromatic rings. The van der Waals surface area contributed by atoms with Crippen molar-refractivity contribution < 1.29 is 9.90 Å². The highest BCUT2D eigenvalue weighted by Gasteiger charge is 2.05. The van der Waals surface area contributed by atoms with Gasteiger partial charge in [0.2, 0.25) is 5.16 Å². The minimum Gasteiger partial charge on any atom is -0.545 e. The van der Waals surface area contributed by atoms with E-state index in [1.54, 1.807) is 18.2 Å². The SMILES string of the molecule is O=C([O-])c1ccccc1/C=N\n1cnnc1SCc1ccc(Cl)cc1. The summed E-state index contributed by atoms with van der Waals surface area (Å²) in [6, 6.07) is 14.0. The molecule has 0 aliphatic heterocycles. The molecule has 1 aromatic heterocycles. The van der Waals surface area contributed by atoms with Crippen molar-refractivity contribution in [3.63, 3.8) is 0 Å². The largest absolute Gasteiger partial charge is 0.545 e. The van der Waals surface area contributed by atoms with Gasteiger partial charge in [0.15, 0.2) is 0 Å². The Morgan fingerprint density at radius 2 is 2.00 bits per heavy atom. The normalized spacial score (nSPS) is 11.1. The maximum absolute atomic E-state index is 11.1. The van der Waals surface area contributed by atoms with Gasteiger partial charge in [-0.1, -0.05) is 59.8 Å². The number of carboxylic acid groups (broad SMARTS) is 1. The van der Waals surface area contributed by atoms with E-state index in [1.165, 1.54) is 35.0 Å². The second kappa shape index (κ2) is 7.96. The average molecular weight is 372 g/mol. The first-order valence-electron chi connectivity index (χ1n) is 7.25. The zero-order valence-electron chi connectivity index (χ0n) is 12.9. The Hall–Kier alpha value is -2.64. The molecule has 0 saturated carbocycles. The Morgan fingerprint density at radius 1 is 1.24 bits per heavy atom. The van der Waals surface area contributed by atoms with Crippen molar-refractivity contribution in [2.45, 2.75) is 10.9 Å². The molecule has 0 fully saturated rings. The van der Waals surface area contributed by atoms with E-state index >= 15 is 0 Å². The van der Waals surface area contributed by atoms with Gasteiger partial charge in [0.05, 0.1) is 12.2 Å². The van der Waals surface area contributed by atoms with Crippen LogP contribution in [0.1, 0.15) is 21.5 Å². The monoisotopic (exact) mass is 371 g/mol. The van der Waals surface area contributed by atoms with Gasteiger partial charge in [-0.2, -0.15) is 9.78 Å². The van der Waals surface area contributed by atoms with Crippen LogP contribution in [0.15, 0.2) is 65.1 Å². The molecule has 3 rings (SSSR count). The van der Waals surface area contributed by atoms with Crippen LogP contribution < -0.4 is 5.11 Å². The van der Waals surface area contributed by atoms with Crippen LogP contribution in [0.3, 0.4) is 0 Å². The lowest BCUT2D eigenvalue weighted by atomic mass is 10.1. The molecule has 0 amide bonds. The molecule has 8 heteroatoms. The average Bonchev–Trinajstić information content (AvgIpc) is 3.07. The van der Waals surface area contributed by atoms with Gasteiger partial charge in [0.1, 0.15) is 6.33 Å². The van der Waals surface area contributed by atoms with E-state index in [2.05, 4.69) is 15.3 Å². The van der Waals surface area contributed by atoms with Gasteiger partial charge in [-0.15, -0.1) is 10.2 Å². The van der Waals surface area contributed by atoms with Gasteiger partial charge in [-0.3, -0.25) is 0 Å². The van der Waals surface area contributed by atoms with Crippen molar-refractivity contribution in [1.82, 2.24) is 14.9 Å². The molecule has 0 radical (unpaired) electrons. The van der Waals surface area contributed by atoms with Crippen LogP contribution in [0.25, 0.3) is 0 Å². The van der Waals surface area contributed by atoms with Gasteiger partial charge in [-0.25, -0.2) is 0 Å². The van der Waals surface area contributed by atoms with Crippen LogP contribution in [-0.2, 0) is 5.75 Å². The zero-order valence-corrected chi connectivity index (χ0v) is 14.4. The highest BCUT2D eigenvalue weighted by atomic mass is 35.5. The lowest BCUT2D eigenvalue weighted by molar-refractivity contribution is -0.255. The number of nitrogens with zero attached hydrogens (tertiary/aromatic N) is 4. The zero-order chi connectivity index (χ0) is 17.6. The second-order valence-electron chi connectivity index (χ2n) is 4.99. The Bertz CT molecular complexity index is 909. The van der Waals surface area contributed by atoms with Gasteiger partial charge >= 0.3 is 0 Å². The summed E-state index contributed by atoms with van der Waals surface area (Å²) in [7, 11) is 0. The molecule has 1 heterocycles. The summed E-state index contributed by atoms with van der Waals surface area (Å²) in [5.74, 6) is -0.566. The van der Waals surface area contributed by atoms with Gasteiger partial charge in [0.25, 0.3) is 0 Å². The fourth-order valence-electron chi connectivity index (χ4n) is 2.04. The molecule has 2 aromatic carbocycles. The van der Waals surface area contributed by atoms with Crippen molar-refractivity contribution in [2.75, 3.05) is 0 Å². The molecule has 0 unspecified atom stereocenters. The third-order valence-corrected chi connectivity index (χ3v) is 4.54. The highest BCUT2D eigenvalue weighted by molar-refractivity contribution is 7.98. The molecule has 126 valence electrons. The van der Waals surface area contributed by atoms with Crippen molar-refractivity contribution in [2.24, 2.45) is 5.10 Å². The number of hydrogen-bond acceptors (Lipinski definition) is 6. The smallest absolute Gasteiger partial charge is 0.212 e. The molecule has 0 N–H and O–H groups in total. The predicted molar refractivity (Wildman–Crippen MR) is 94.8 cm³/mol. The van der Waals surface area contributed by atoms with Crippen LogP contribution >= 0.6 is 23.4 Å². The molecular formula is C17H12ClN4O2S-.